The summed E-state index contributed by atoms with van der Waals surface area (Å²) >= 11 is 0. The zero-order chi connectivity index (χ0) is 34.2. The van der Waals surface area contributed by atoms with E-state index in [0.717, 1.165) is 89.9 Å². The molecule has 0 saturated heterocycles. The third kappa shape index (κ3) is 5.82. The maximum Gasteiger partial charge on any atom is 0.400 e. The van der Waals surface area contributed by atoms with Crippen molar-refractivity contribution in [2.45, 2.75) is 144 Å². The van der Waals surface area contributed by atoms with E-state index in [0.29, 0.717) is 35.5 Å². The highest BCUT2D eigenvalue weighted by Crippen LogP contribution is 2.65. The molecule has 8 nitrogen and oxygen atoms in total. The Morgan fingerprint density at radius 3 is 1.32 bits per heavy atom. The highest BCUT2D eigenvalue weighted by molar-refractivity contribution is 7.81. The molecule has 0 radical (unpaired) electrons. The van der Waals surface area contributed by atoms with Gasteiger partial charge in [-0.1, -0.05) is 27.7 Å². The minimum atomic E-state index is -4.12. The summed E-state index contributed by atoms with van der Waals surface area (Å²) in [6, 6.07) is 0. The number of fused-ring (bicyclic) bond motifs is 6. The molecule has 6 rings (SSSR count). The number of methoxy groups -OCH3 is 2. The van der Waals surface area contributed by atoms with Crippen molar-refractivity contribution in [2.75, 3.05) is 14.2 Å². The second-order valence-electron chi connectivity index (χ2n) is 18.0. The molecule has 0 aromatic carbocycles. The number of carbonyl (C=O) groups excluding carboxylic acids is 2. The fraction of sp³-hybridized carbons (Fsp3) is 0.947. The molecule has 14 atom stereocenters. The molecule has 0 aliphatic heterocycles. The smallest absolute Gasteiger partial charge is 0.400 e. The molecule has 6 aliphatic rings. The molecule has 0 N–H and O–H groups in total. The lowest BCUT2D eigenvalue weighted by Gasteiger charge is -2.60. The van der Waals surface area contributed by atoms with Gasteiger partial charge in [0.05, 0.1) is 37.3 Å². The number of ether oxygens (including phenoxy) is 2. The van der Waals surface area contributed by atoms with Gasteiger partial charge in [-0.15, -0.1) is 0 Å². The van der Waals surface area contributed by atoms with Crippen LogP contribution < -0.4 is 0 Å². The van der Waals surface area contributed by atoms with Gasteiger partial charge in [-0.25, -0.2) is 8.37 Å². The zero-order valence-electron chi connectivity index (χ0n) is 30.3. The van der Waals surface area contributed by atoms with E-state index in [9.17, 15) is 18.0 Å². The van der Waals surface area contributed by atoms with E-state index in [1.54, 1.807) is 0 Å². The van der Waals surface area contributed by atoms with Gasteiger partial charge < -0.3 is 9.47 Å². The summed E-state index contributed by atoms with van der Waals surface area (Å²) in [7, 11) is -1.12. The average molecular weight is 679 g/mol. The van der Waals surface area contributed by atoms with Crippen LogP contribution in [0.5, 0.6) is 0 Å². The zero-order valence-corrected chi connectivity index (χ0v) is 31.2. The van der Waals surface area contributed by atoms with Crippen LogP contribution in [-0.4, -0.2) is 46.8 Å². The predicted octanol–water partition coefficient (Wildman–Crippen LogP) is 7.89. The number of esters is 2. The summed E-state index contributed by atoms with van der Waals surface area (Å²) in [5.74, 6) is 3.24. The molecule has 6 aliphatic carbocycles. The van der Waals surface area contributed by atoms with Crippen molar-refractivity contribution in [3.8, 4) is 0 Å². The van der Waals surface area contributed by atoms with Crippen molar-refractivity contribution in [3.63, 3.8) is 0 Å². The van der Waals surface area contributed by atoms with Gasteiger partial charge in [0.15, 0.2) is 0 Å². The van der Waals surface area contributed by atoms with Crippen LogP contribution in [-0.2, 0) is 37.8 Å². The van der Waals surface area contributed by atoms with Crippen LogP contribution >= 0.6 is 0 Å². The van der Waals surface area contributed by atoms with Crippen molar-refractivity contribution < 1.29 is 35.8 Å². The molecule has 0 bridgehead atoms. The maximum absolute atomic E-state index is 13.4. The minimum absolute atomic E-state index is 0.0833. The summed E-state index contributed by atoms with van der Waals surface area (Å²) in [4.78, 5) is 25.5. The first-order valence-corrected chi connectivity index (χ1v) is 20.1. The Morgan fingerprint density at radius 1 is 0.574 bits per heavy atom. The van der Waals surface area contributed by atoms with Crippen LogP contribution in [0.1, 0.15) is 131 Å². The molecule has 0 aromatic rings. The Kier molecular flexibility index (Phi) is 9.51. The minimum Gasteiger partial charge on any atom is -0.469 e. The SMILES string of the molecule is COC(=O)[C@@]1(C)CCC2C(CC[C@@H]3C[C@H](OS(=O)(=O)O[C@@H]4CC[C@]5(C)C6CC[C@](C)(C(=O)OC)[C@@H](C)C6CC[C@@H]5C4)CC[C@]23C)[C@@H]1C. The third-order valence-electron chi connectivity index (χ3n) is 16.4. The molecule has 4 unspecified atom stereocenters. The highest BCUT2D eigenvalue weighted by atomic mass is 32.3. The van der Waals surface area contributed by atoms with Gasteiger partial charge in [0.2, 0.25) is 0 Å². The first-order valence-electron chi connectivity index (χ1n) is 18.8. The predicted molar refractivity (Wildman–Crippen MR) is 179 cm³/mol. The first kappa shape index (κ1) is 35.6. The van der Waals surface area contributed by atoms with E-state index in [4.69, 9.17) is 17.8 Å². The topological polar surface area (TPSA) is 105 Å². The second-order valence-corrected chi connectivity index (χ2v) is 19.2. The highest BCUT2D eigenvalue weighted by Gasteiger charge is 2.60. The first-order chi connectivity index (χ1) is 22.0. The van der Waals surface area contributed by atoms with E-state index in [-0.39, 0.29) is 46.8 Å². The van der Waals surface area contributed by atoms with Crippen LogP contribution in [0.2, 0.25) is 0 Å². The molecular weight excluding hydrogens is 616 g/mol. The van der Waals surface area contributed by atoms with E-state index >= 15 is 0 Å². The van der Waals surface area contributed by atoms with E-state index in [2.05, 4.69) is 41.5 Å². The Bertz CT molecular complexity index is 1220. The molecule has 0 aromatic heterocycles. The quantitative estimate of drug-likeness (QED) is 0.261. The van der Waals surface area contributed by atoms with Gasteiger partial charge in [-0.3, -0.25) is 9.59 Å². The number of hydrogen-bond donors (Lipinski definition) is 0. The monoisotopic (exact) mass is 678 g/mol. The second kappa shape index (κ2) is 12.5. The van der Waals surface area contributed by atoms with Gasteiger partial charge in [0, 0.05) is 0 Å². The molecule has 6 fully saturated rings. The van der Waals surface area contributed by atoms with Gasteiger partial charge in [-0.2, -0.15) is 8.42 Å². The summed E-state index contributed by atoms with van der Waals surface area (Å²) < 4.78 is 49.0. The summed E-state index contributed by atoms with van der Waals surface area (Å²) in [6.45, 7) is 13.5. The lowest BCUT2D eigenvalue weighted by molar-refractivity contribution is -0.170. The molecule has 268 valence electrons. The third-order valence-corrected chi connectivity index (χ3v) is 17.5. The van der Waals surface area contributed by atoms with Gasteiger partial charge >= 0.3 is 22.3 Å². The number of carbonyl (C=O) groups is 2. The van der Waals surface area contributed by atoms with Gasteiger partial charge in [0.25, 0.3) is 0 Å². The molecule has 0 spiro atoms. The van der Waals surface area contributed by atoms with Gasteiger partial charge in [-0.05, 0) is 162 Å². The largest absolute Gasteiger partial charge is 0.469 e. The summed E-state index contributed by atoms with van der Waals surface area (Å²) in [5, 5.41) is 0. The maximum atomic E-state index is 13.4. The molecule has 0 amide bonds. The van der Waals surface area contributed by atoms with Crippen molar-refractivity contribution >= 4 is 22.3 Å². The van der Waals surface area contributed by atoms with Crippen molar-refractivity contribution in [1.82, 2.24) is 0 Å². The van der Waals surface area contributed by atoms with E-state index in [1.807, 2.05) is 0 Å². The van der Waals surface area contributed by atoms with E-state index in [1.165, 1.54) is 14.2 Å². The van der Waals surface area contributed by atoms with Crippen molar-refractivity contribution in [2.24, 2.45) is 69.0 Å². The van der Waals surface area contributed by atoms with Crippen LogP contribution in [0.4, 0.5) is 0 Å². The average Bonchev–Trinajstić information content (AvgIpc) is 3.03. The standard InChI is InChI=1S/C38H62O8S/c1-23-29-11-9-25-21-27(13-17-37(25,5)31(29)15-19-35(23,3)33(39)43-7)45-47(41,42)46-28-14-18-38(6)26(22-28)10-12-30-24(2)36(4,34(40)44-8)20-16-32(30)38/h23-32H,9-22H2,1-8H3/t23-,24-,25+,26+,27+,28+,29?,30?,31?,32?,35-,36-,37-,38-/m0/s1. The van der Waals surface area contributed by atoms with Crippen LogP contribution in [0.3, 0.4) is 0 Å². The fourth-order valence-electron chi connectivity index (χ4n) is 13.0. The molecular formula is C38H62O8S. The Labute approximate surface area is 284 Å². The lowest BCUT2D eigenvalue weighted by atomic mass is 9.45. The van der Waals surface area contributed by atoms with E-state index < -0.39 is 21.2 Å². The molecule has 0 heterocycles. The van der Waals surface area contributed by atoms with Crippen molar-refractivity contribution in [3.05, 3.63) is 0 Å². The van der Waals surface area contributed by atoms with Crippen LogP contribution in [0, 0.1) is 69.0 Å². The molecule has 47 heavy (non-hydrogen) atoms. The molecule has 9 heteroatoms. The summed E-state index contributed by atoms with van der Waals surface area (Å²) in [5.41, 5.74) is -0.587. The molecule has 6 saturated carbocycles. The van der Waals surface area contributed by atoms with Crippen LogP contribution in [0.25, 0.3) is 0 Å². The Balaban J connectivity index is 1.04. The van der Waals surface area contributed by atoms with Gasteiger partial charge in [0.1, 0.15) is 0 Å². The Morgan fingerprint density at radius 2 is 0.957 bits per heavy atom. The number of hydrogen-bond acceptors (Lipinski definition) is 8. The Hall–Kier alpha value is -1.19. The van der Waals surface area contributed by atoms with Crippen LogP contribution in [0.15, 0.2) is 0 Å². The number of rotatable bonds is 6. The normalized spacial score (nSPS) is 49.8. The fourth-order valence-corrected chi connectivity index (χ4v) is 14.0. The van der Waals surface area contributed by atoms with Crippen molar-refractivity contribution in [1.29, 1.82) is 0 Å². The summed E-state index contributed by atoms with van der Waals surface area (Å²) in [6.07, 6.45) is 12.1. The lowest BCUT2D eigenvalue weighted by Crippen LogP contribution is -2.55.